The minimum atomic E-state index is -3.55. The van der Waals surface area contributed by atoms with Crippen LogP contribution in [0.2, 0.25) is 0 Å². The van der Waals surface area contributed by atoms with Crippen molar-refractivity contribution in [3.05, 3.63) is 48.0 Å². The van der Waals surface area contributed by atoms with Crippen molar-refractivity contribution in [2.24, 2.45) is 0 Å². The summed E-state index contributed by atoms with van der Waals surface area (Å²) in [5.41, 5.74) is 1.34. The van der Waals surface area contributed by atoms with Crippen LogP contribution < -0.4 is 0 Å². The molecular formula is C19H25N5O3S2. The SMILES string of the molecule is O=C(c1cc(S(=O)(=O)N2CCSCC2)c[nH]1)N1CCN(Cc2ccccn2)CC1. The molecule has 8 nitrogen and oxygen atoms in total. The monoisotopic (exact) mass is 435 g/mol. The summed E-state index contributed by atoms with van der Waals surface area (Å²) in [6.45, 7) is 4.53. The van der Waals surface area contributed by atoms with Gasteiger partial charge in [-0.3, -0.25) is 14.7 Å². The van der Waals surface area contributed by atoms with Crippen molar-refractivity contribution in [1.82, 2.24) is 24.1 Å². The van der Waals surface area contributed by atoms with Crippen molar-refractivity contribution in [3.63, 3.8) is 0 Å². The van der Waals surface area contributed by atoms with Crippen molar-refractivity contribution < 1.29 is 13.2 Å². The van der Waals surface area contributed by atoms with E-state index in [0.717, 1.165) is 36.8 Å². The lowest BCUT2D eigenvalue weighted by atomic mass is 10.2. The second-order valence-corrected chi connectivity index (χ2v) is 10.3. The van der Waals surface area contributed by atoms with Crippen LogP contribution in [0.5, 0.6) is 0 Å². The summed E-state index contributed by atoms with van der Waals surface area (Å²) in [5.74, 6) is 1.45. The van der Waals surface area contributed by atoms with Crippen LogP contribution in [-0.4, -0.2) is 89.2 Å². The summed E-state index contributed by atoms with van der Waals surface area (Å²) >= 11 is 1.76. The zero-order valence-corrected chi connectivity index (χ0v) is 17.8. The maximum Gasteiger partial charge on any atom is 0.270 e. The van der Waals surface area contributed by atoms with E-state index >= 15 is 0 Å². The second-order valence-electron chi connectivity index (χ2n) is 7.15. The lowest BCUT2D eigenvalue weighted by molar-refractivity contribution is 0.0622. The highest BCUT2D eigenvalue weighted by atomic mass is 32.2. The number of pyridine rings is 1. The molecule has 2 saturated heterocycles. The minimum Gasteiger partial charge on any atom is -0.356 e. The number of aromatic nitrogens is 2. The molecule has 4 rings (SSSR count). The van der Waals surface area contributed by atoms with E-state index in [9.17, 15) is 13.2 Å². The molecule has 1 N–H and O–H groups in total. The Balaban J connectivity index is 1.36. The molecule has 156 valence electrons. The number of thioether (sulfide) groups is 1. The summed E-state index contributed by atoms with van der Waals surface area (Å²) in [6.07, 6.45) is 3.22. The fourth-order valence-electron chi connectivity index (χ4n) is 3.58. The number of nitrogens with zero attached hydrogens (tertiary/aromatic N) is 4. The minimum absolute atomic E-state index is 0.155. The van der Waals surface area contributed by atoms with Gasteiger partial charge in [-0.2, -0.15) is 16.1 Å². The first kappa shape index (κ1) is 20.4. The van der Waals surface area contributed by atoms with Crippen LogP contribution in [0.15, 0.2) is 41.6 Å². The Morgan fingerprint density at radius 1 is 1.10 bits per heavy atom. The smallest absolute Gasteiger partial charge is 0.270 e. The van der Waals surface area contributed by atoms with Crippen LogP contribution in [0, 0.1) is 0 Å². The molecule has 2 aliphatic heterocycles. The number of carbonyl (C=O) groups excluding carboxylic acids is 1. The first-order valence-corrected chi connectivity index (χ1v) is 12.3. The summed E-state index contributed by atoms with van der Waals surface area (Å²) in [5, 5.41) is 0. The van der Waals surface area contributed by atoms with Gasteiger partial charge in [0.1, 0.15) is 10.6 Å². The lowest BCUT2D eigenvalue weighted by Gasteiger charge is -2.34. The number of H-pyrrole nitrogens is 1. The molecule has 0 unspecified atom stereocenters. The van der Waals surface area contributed by atoms with E-state index in [2.05, 4.69) is 14.9 Å². The number of amides is 1. The van der Waals surface area contributed by atoms with E-state index in [-0.39, 0.29) is 10.8 Å². The molecule has 0 aliphatic carbocycles. The quantitative estimate of drug-likeness (QED) is 0.757. The van der Waals surface area contributed by atoms with Gasteiger partial charge in [0, 0.05) is 69.7 Å². The number of hydrogen-bond acceptors (Lipinski definition) is 6. The predicted octanol–water partition coefficient (Wildman–Crippen LogP) is 1.11. The first-order valence-electron chi connectivity index (χ1n) is 9.72. The van der Waals surface area contributed by atoms with Gasteiger partial charge in [-0.15, -0.1) is 0 Å². The van der Waals surface area contributed by atoms with Gasteiger partial charge in [0.15, 0.2) is 0 Å². The van der Waals surface area contributed by atoms with Crippen molar-refractivity contribution >= 4 is 27.7 Å². The molecule has 0 spiro atoms. The Morgan fingerprint density at radius 3 is 2.55 bits per heavy atom. The Bertz CT molecular complexity index is 934. The van der Waals surface area contributed by atoms with Gasteiger partial charge < -0.3 is 9.88 Å². The number of rotatable bonds is 5. The van der Waals surface area contributed by atoms with Crippen LogP contribution in [0.1, 0.15) is 16.2 Å². The molecule has 2 aromatic rings. The van der Waals surface area contributed by atoms with Gasteiger partial charge in [-0.1, -0.05) is 6.07 Å². The first-order chi connectivity index (χ1) is 14.0. The highest BCUT2D eigenvalue weighted by molar-refractivity contribution is 7.99. The highest BCUT2D eigenvalue weighted by Gasteiger charge is 2.29. The predicted molar refractivity (Wildman–Crippen MR) is 112 cm³/mol. The molecule has 0 radical (unpaired) electrons. The number of piperazine rings is 1. The maximum absolute atomic E-state index is 12.8. The third kappa shape index (κ3) is 4.66. The molecule has 29 heavy (non-hydrogen) atoms. The van der Waals surface area contributed by atoms with Crippen molar-refractivity contribution in [1.29, 1.82) is 0 Å². The third-order valence-corrected chi connectivity index (χ3v) is 8.08. The van der Waals surface area contributed by atoms with Gasteiger partial charge >= 0.3 is 0 Å². The normalized spacial score (nSPS) is 19.4. The van der Waals surface area contributed by atoms with Gasteiger partial charge in [-0.25, -0.2) is 8.42 Å². The van der Waals surface area contributed by atoms with Crippen LogP contribution in [0.4, 0.5) is 0 Å². The summed E-state index contributed by atoms with van der Waals surface area (Å²) in [4.78, 5) is 24.3. The molecule has 2 aromatic heterocycles. The average molecular weight is 436 g/mol. The molecule has 4 heterocycles. The number of nitrogens with one attached hydrogen (secondary N) is 1. The Kier molecular flexibility index (Phi) is 6.23. The largest absolute Gasteiger partial charge is 0.356 e. The van der Waals surface area contributed by atoms with Crippen molar-refractivity contribution in [3.8, 4) is 0 Å². The standard InChI is InChI=1S/C19H25N5O3S2/c25-19(23-7-5-22(6-8-23)15-16-3-1-2-4-20-16)18-13-17(14-21-18)29(26,27)24-9-11-28-12-10-24/h1-4,13-14,21H,5-12,15H2. The van der Waals surface area contributed by atoms with Crippen LogP contribution in [-0.2, 0) is 16.6 Å². The van der Waals surface area contributed by atoms with E-state index in [0.29, 0.717) is 31.9 Å². The van der Waals surface area contributed by atoms with Crippen LogP contribution in [0.3, 0.4) is 0 Å². The second kappa shape index (κ2) is 8.86. The number of sulfonamides is 1. The summed E-state index contributed by atoms with van der Waals surface area (Å²) in [7, 11) is -3.55. The molecule has 10 heteroatoms. The van der Waals surface area contributed by atoms with Crippen molar-refractivity contribution in [2.75, 3.05) is 50.8 Å². The topological polar surface area (TPSA) is 89.6 Å². The maximum atomic E-state index is 12.8. The molecule has 0 saturated carbocycles. The molecule has 2 aliphatic rings. The lowest BCUT2D eigenvalue weighted by Crippen LogP contribution is -2.48. The van der Waals surface area contributed by atoms with Gasteiger partial charge in [-0.05, 0) is 18.2 Å². The van der Waals surface area contributed by atoms with E-state index in [1.165, 1.54) is 16.6 Å². The third-order valence-electron chi connectivity index (χ3n) is 5.27. The zero-order valence-electron chi connectivity index (χ0n) is 16.2. The zero-order chi connectivity index (χ0) is 20.3. The molecular weight excluding hydrogens is 410 g/mol. The number of aromatic amines is 1. The molecule has 0 aromatic carbocycles. The summed E-state index contributed by atoms with van der Waals surface area (Å²) in [6, 6.07) is 7.34. The van der Waals surface area contributed by atoms with Gasteiger partial charge in [0.2, 0.25) is 10.0 Å². The Labute approximate surface area is 175 Å². The fourth-order valence-corrected chi connectivity index (χ4v) is 6.15. The molecule has 1 amide bonds. The molecule has 2 fully saturated rings. The van der Waals surface area contributed by atoms with Crippen LogP contribution in [0.25, 0.3) is 0 Å². The van der Waals surface area contributed by atoms with Crippen molar-refractivity contribution in [2.45, 2.75) is 11.4 Å². The average Bonchev–Trinajstić information content (AvgIpc) is 3.26. The number of hydrogen-bond donors (Lipinski definition) is 1. The Morgan fingerprint density at radius 2 is 1.86 bits per heavy atom. The highest BCUT2D eigenvalue weighted by Crippen LogP contribution is 2.21. The Hall–Kier alpha value is -1.88. The molecule has 0 atom stereocenters. The van der Waals surface area contributed by atoms with E-state index < -0.39 is 10.0 Å². The van der Waals surface area contributed by atoms with E-state index in [1.807, 2.05) is 18.2 Å². The van der Waals surface area contributed by atoms with E-state index in [1.54, 1.807) is 22.9 Å². The van der Waals surface area contributed by atoms with E-state index in [4.69, 9.17) is 0 Å². The summed E-state index contributed by atoms with van der Waals surface area (Å²) < 4.78 is 27.0. The van der Waals surface area contributed by atoms with Crippen LogP contribution >= 0.6 is 11.8 Å². The van der Waals surface area contributed by atoms with Gasteiger partial charge in [0.05, 0.1) is 5.69 Å². The fraction of sp³-hybridized carbons (Fsp3) is 0.474. The molecule has 0 bridgehead atoms. The number of carbonyl (C=O) groups is 1. The van der Waals surface area contributed by atoms with Gasteiger partial charge in [0.25, 0.3) is 5.91 Å².